The number of hydrogen-bond donors (Lipinski definition) is 2. The SMILES string of the molecule is CC(N)C(Cl)CN. The summed E-state index contributed by atoms with van der Waals surface area (Å²) in [5.74, 6) is 0. The summed E-state index contributed by atoms with van der Waals surface area (Å²) in [5, 5.41) is -0.0694. The second kappa shape index (κ2) is 3.24. The van der Waals surface area contributed by atoms with E-state index in [0.717, 1.165) is 0 Å². The third-order valence-corrected chi connectivity index (χ3v) is 1.37. The number of nitrogens with two attached hydrogens (primary N) is 2. The molecule has 0 aromatic carbocycles. The number of hydrogen-bond acceptors (Lipinski definition) is 2. The maximum atomic E-state index is 5.55. The summed E-state index contributed by atoms with van der Waals surface area (Å²) in [4.78, 5) is 0. The molecule has 0 aliphatic rings. The lowest BCUT2D eigenvalue weighted by Crippen LogP contribution is -2.32. The van der Waals surface area contributed by atoms with Gasteiger partial charge in [0.15, 0.2) is 0 Å². The molecule has 0 aromatic heterocycles. The molecule has 0 heterocycles. The summed E-state index contributed by atoms with van der Waals surface area (Å²) in [5.41, 5.74) is 10.5. The predicted octanol–water partition coefficient (Wildman–Crippen LogP) is -0.100. The molecule has 4 N–H and O–H groups in total. The Balaban J connectivity index is 3.14. The lowest BCUT2D eigenvalue weighted by atomic mass is 10.2. The lowest BCUT2D eigenvalue weighted by molar-refractivity contribution is 0.685. The molecule has 0 rings (SSSR count). The van der Waals surface area contributed by atoms with E-state index in [-0.39, 0.29) is 11.4 Å². The first-order valence-electron chi connectivity index (χ1n) is 2.28. The number of rotatable bonds is 2. The van der Waals surface area contributed by atoms with Crippen LogP contribution in [0.3, 0.4) is 0 Å². The van der Waals surface area contributed by atoms with Crippen molar-refractivity contribution in [3.05, 3.63) is 0 Å². The van der Waals surface area contributed by atoms with E-state index < -0.39 is 0 Å². The van der Waals surface area contributed by atoms with Gasteiger partial charge < -0.3 is 11.5 Å². The fourth-order valence-corrected chi connectivity index (χ4v) is 0.215. The molecule has 0 aliphatic carbocycles. The third-order valence-electron chi connectivity index (χ3n) is 0.796. The van der Waals surface area contributed by atoms with E-state index in [1.807, 2.05) is 6.92 Å². The molecular formula is C4H11ClN2. The summed E-state index contributed by atoms with van der Waals surface area (Å²) < 4.78 is 0. The van der Waals surface area contributed by atoms with E-state index in [4.69, 9.17) is 23.1 Å². The van der Waals surface area contributed by atoms with E-state index >= 15 is 0 Å². The molecule has 0 aliphatic heterocycles. The molecule has 2 unspecified atom stereocenters. The van der Waals surface area contributed by atoms with Gasteiger partial charge in [-0.2, -0.15) is 0 Å². The van der Waals surface area contributed by atoms with Crippen LogP contribution in [0.4, 0.5) is 0 Å². The van der Waals surface area contributed by atoms with Crippen LogP contribution < -0.4 is 11.5 Å². The Morgan fingerprint density at radius 1 is 1.71 bits per heavy atom. The van der Waals surface area contributed by atoms with Gasteiger partial charge in [0.2, 0.25) is 0 Å². The monoisotopic (exact) mass is 122 g/mol. The van der Waals surface area contributed by atoms with Crippen molar-refractivity contribution in [2.75, 3.05) is 6.54 Å². The summed E-state index contributed by atoms with van der Waals surface area (Å²) in [6.07, 6.45) is 0. The van der Waals surface area contributed by atoms with E-state index in [9.17, 15) is 0 Å². The minimum Gasteiger partial charge on any atom is -0.329 e. The zero-order chi connectivity index (χ0) is 5.86. The number of halogens is 1. The quantitative estimate of drug-likeness (QED) is 0.503. The predicted molar refractivity (Wildman–Crippen MR) is 32.3 cm³/mol. The fraction of sp³-hybridized carbons (Fsp3) is 1.00. The van der Waals surface area contributed by atoms with Gasteiger partial charge in [0.05, 0.1) is 5.38 Å². The van der Waals surface area contributed by atoms with Gasteiger partial charge in [-0.1, -0.05) is 0 Å². The van der Waals surface area contributed by atoms with Gasteiger partial charge >= 0.3 is 0 Å². The van der Waals surface area contributed by atoms with Crippen molar-refractivity contribution < 1.29 is 0 Å². The Morgan fingerprint density at radius 3 is 2.14 bits per heavy atom. The van der Waals surface area contributed by atoms with Gasteiger partial charge in [0.25, 0.3) is 0 Å². The normalized spacial score (nSPS) is 18.9. The molecule has 0 amide bonds. The van der Waals surface area contributed by atoms with Crippen LogP contribution in [0.25, 0.3) is 0 Å². The van der Waals surface area contributed by atoms with E-state index in [2.05, 4.69) is 0 Å². The molecule has 2 nitrogen and oxygen atoms in total. The van der Waals surface area contributed by atoms with Crippen LogP contribution in [0.15, 0.2) is 0 Å². The fourth-order valence-electron chi connectivity index (χ4n) is 0.215. The molecule has 0 bridgehead atoms. The van der Waals surface area contributed by atoms with Gasteiger partial charge in [-0.3, -0.25) is 0 Å². The highest BCUT2D eigenvalue weighted by atomic mass is 35.5. The van der Waals surface area contributed by atoms with Gasteiger partial charge in [-0.25, -0.2) is 0 Å². The topological polar surface area (TPSA) is 52.0 Å². The molecule has 44 valence electrons. The van der Waals surface area contributed by atoms with Crippen LogP contribution in [-0.4, -0.2) is 18.0 Å². The molecule has 0 radical (unpaired) electrons. The van der Waals surface area contributed by atoms with Crippen LogP contribution in [0.2, 0.25) is 0 Å². The van der Waals surface area contributed by atoms with Crippen LogP contribution in [0, 0.1) is 0 Å². The van der Waals surface area contributed by atoms with Crippen LogP contribution in [-0.2, 0) is 0 Å². The van der Waals surface area contributed by atoms with Crippen molar-refractivity contribution in [3.63, 3.8) is 0 Å². The second-order valence-corrected chi connectivity index (χ2v) is 2.17. The molecule has 0 spiro atoms. The average Bonchev–Trinajstić information content (AvgIpc) is 1.65. The van der Waals surface area contributed by atoms with Crippen molar-refractivity contribution in [1.82, 2.24) is 0 Å². The lowest BCUT2D eigenvalue weighted by Gasteiger charge is -2.08. The molecule has 3 heteroatoms. The smallest absolute Gasteiger partial charge is 0.0606 e. The largest absolute Gasteiger partial charge is 0.329 e. The first kappa shape index (κ1) is 7.21. The third kappa shape index (κ3) is 2.85. The average molecular weight is 123 g/mol. The van der Waals surface area contributed by atoms with Crippen LogP contribution >= 0.6 is 11.6 Å². The zero-order valence-electron chi connectivity index (χ0n) is 4.39. The zero-order valence-corrected chi connectivity index (χ0v) is 5.15. The maximum absolute atomic E-state index is 5.55. The highest BCUT2D eigenvalue weighted by Gasteiger charge is 2.04. The molecular weight excluding hydrogens is 112 g/mol. The standard InChI is InChI=1S/C4H11ClN2/c1-3(7)4(5)2-6/h3-4H,2,6-7H2,1H3. The first-order valence-corrected chi connectivity index (χ1v) is 2.72. The van der Waals surface area contributed by atoms with E-state index in [0.29, 0.717) is 6.54 Å². The minimum absolute atomic E-state index is 0.00617. The molecule has 0 saturated heterocycles. The van der Waals surface area contributed by atoms with E-state index in [1.165, 1.54) is 0 Å². The van der Waals surface area contributed by atoms with Gasteiger partial charge in [0, 0.05) is 12.6 Å². The summed E-state index contributed by atoms with van der Waals surface area (Å²) in [6, 6.07) is 0.00617. The number of alkyl halides is 1. The molecule has 0 fully saturated rings. The second-order valence-electron chi connectivity index (χ2n) is 1.61. The summed E-state index contributed by atoms with van der Waals surface area (Å²) >= 11 is 5.55. The van der Waals surface area contributed by atoms with Crippen LogP contribution in [0.1, 0.15) is 6.92 Å². The Labute approximate surface area is 48.8 Å². The Hall–Kier alpha value is 0.210. The van der Waals surface area contributed by atoms with Crippen molar-refractivity contribution in [2.24, 2.45) is 11.5 Å². The molecule has 0 saturated carbocycles. The van der Waals surface area contributed by atoms with E-state index in [1.54, 1.807) is 0 Å². The van der Waals surface area contributed by atoms with Gasteiger partial charge in [-0.05, 0) is 6.92 Å². The highest BCUT2D eigenvalue weighted by Crippen LogP contribution is 1.95. The molecule has 7 heavy (non-hydrogen) atoms. The van der Waals surface area contributed by atoms with Crippen molar-refractivity contribution in [2.45, 2.75) is 18.3 Å². The minimum atomic E-state index is -0.0694. The summed E-state index contributed by atoms with van der Waals surface area (Å²) in [7, 11) is 0. The van der Waals surface area contributed by atoms with Crippen molar-refractivity contribution in [3.8, 4) is 0 Å². The van der Waals surface area contributed by atoms with Gasteiger partial charge in [0.1, 0.15) is 0 Å². The van der Waals surface area contributed by atoms with Gasteiger partial charge in [-0.15, -0.1) is 11.6 Å². The van der Waals surface area contributed by atoms with Crippen LogP contribution in [0.5, 0.6) is 0 Å². The summed E-state index contributed by atoms with van der Waals surface area (Å²) in [6.45, 7) is 2.30. The Kier molecular flexibility index (Phi) is 3.34. The Bertz CT molecular complexity index is 47.0. The van der Waals surface area contributed by atoms with Crippen molar-refractivity contribution >= 4 is 11.6 Å². The maximum Gasteiger partial charge on any atom is 0.0606 e. The molecule has 2 atom stereocenters. The first-order chi connectivity index (χ1) is 3.18. The Morgan fingerprint density at radius 2 is 2.14 bits per heavy atom. The highest BCUT2D eigenvalue weighted by molar-refractivity contribution is 6.21. The molecule has 0 aromatic rings. The van der Waals surface area contributed by atoms with Crippen molar-refractivity contribution in [1.29, 1.82) is 0 Å².